The molecule has 66 heavy (non-hydrogen) atoms. The zero-order valence-electron chi connectivity index (χ0n) is 37.2. The number of non-ortho nitro benzene ring substituents is 1. The van der Waals surface area contributed by atoms with Crippen LogP contribution in [-0.2, 0) is 29.6 Å². The minimum Gasteiger partial charge on any atom is -0.399 e. The van der Waals surface area contributed by atoms with Gasteiger partial charge in [0.05, 0.1) is 24.5 Å². The van der Waals surface area contributed by atoms with Crippen LogP contribution in [0.1, 0.15) is 67.2 Å². The van der Waals surface area contributed by atoms with E-state index in [0.717, 1.165) is 28.3 Å². The van der Waals surface area contributed by atoms with Crippen molar-refractivity contribution in [2.75, 3.05) is 28.6 Å². The Bertz CT molecular complexity index is 3030. The van der Waals surface area contributed by atoms with E-state index in [2.05, 4.69) is 19.4 Å². The van der Waals surface area contributed by atoms with Gasteiger partial charge in [0.1, 0.15) is 10.0 Å². The van der Waals surface area contributed by atoms with E-state index in [-0.39, 0.29) is 27.3 Å². The van der Waals surface area contributed by atoms with E-state index >= 15 is 0 Å². The van der Waals surface area contributed by atoms with Gasteiger partial charge in [0.15, 0.2) is 0 Å². The fourth-order valence-corrected chi connectivity index (χ4v) is 12.8. The molecule has 16 nitrogen and oxygen atoms in total. The van der Waals surface area contributed by atoms with Crippen molar-refractivity contribution in [2.45, 2.75) is 88.1 Å². The van der Waals surface area contributed by atoms with Gasteiger partial charge in [0.2, 0.25) is 31.9 Å². The molecule has 2 aliphatic heterocycles. The van der Waals surface area contributed by atoms with E-state index in [9.17, 15) is 36.5 Å². The number of nitrogens with two attached hydrogens (primary N) is 1. The Morgan fingerprint density at radius 1 is 0.636 bits per heavy atom. The number of nitrogen functional groups attached to an aromatic ring is 1. The van der Waals surface area contributed by atoms with Gasteiger partial charge in [-0.05, 0) is 115 Å². The molecule has 2 aromatic heterocycles. The summed E-state index contributed by atoms with van der Waals surface area (Å²) in [6, 6.07) is 23.6. The Morgan fingerprint density at radius 2 is 1.03 bits per heavy atom. The quantitative estimate of drug-likeness (QED) is 0.0631. The Morgan fingerprint density at radius 3 is 1.38 bits per heavy atom. The van der Waals surface area contributed by atoms with Crippen LogP contribution in [0.15, 0.2) is 107 Å². The number of benzene rings is 4. The van der Waals surface area contributed by atoms with Crippen molar-refractivity contribution in [1.82, 2.24) is 19.4 Å². The van der Waals surface area contributed by atoms with Crippen molar-refractivity contribution in [3.05, 3.63) is 107 Å². The molecule has 2 amide bonds. The fraction of sp³-hybridized carbons (Fsp3) is 0.304. The van der Waals surface area contributed by atoms with Crippen molar-refractivity contribution >= 4 is 77.3 Å². The summed E-state index contributed by atoms with van der Waals surface area (Å²) < 4.78 is 58.9. The number of amides is 2. The molecule has 2 saturated heterocycles. The molecule has 0 unspecified atom stereocenters. The molecular formula is C46H50N8O8S4. The summed E-state index contributed by atoms with van der Waals surface area (Å²) in [7, 11) is -7.77. The Labute approximate surface area is 392 Å². The first-order valence-corrected chi connectivity index (χ1v) is 25.6. The van der Waals surface area contributed by atoms with E-state index < -0.39 is 36.0 Å². The highest BCUT2D eigenvalue weighted by Gasteiger charge is 2.31. The summed E-state index contributed by atoms with van der Waals surface area (Å²) in [6.45, 7) is 11.8. The molecule has 0 bridgehead atoms. The maximum absolute atomic E-state index is 13.4. The molecule has 0 aliphatic carbocycles. The highest BCUT2D eigenvalue weighted by Crippen LogP contribution is 2.40. The van der Waals surface area contributed by atoms with Gasteiger partial charge in [-0.2, -0.15) is 0 Å². The van der Waals surface area contributed by atoms with E-state index in [1.165, 1.54) is 40.9 Å². The molecule has 2 aliphatic rings. The van der Waals surface area contributed by atoms with Crippen LogP contribution in [-0.4, -0.2) is 67.7 Å². The number of nitro groups is 1. The van der Waals surface area contributed by atoms with Crippen LogP contribution in [0.25, 0.3) is 42.0 Å². The SMILES string of the molecule is CC(C)(C)NS(=O)(=O)c1cc(N2CCCC2=O)ccc1-c1cnc(-c2ccc(N)cc2)s1.CC(C)(C)NS(=O)(=O)c1cc(N2CCCC2=O)ccc1-c1cnc(-c2ccc([N+](=O)[O-])cc2)s1. The molecule has 0 saturated carbocycles. The van der Waals surface area contributed by atoms with E-state index in [0.29, 0.717) is 69.6 Å². The van der Waals surface area contributed by atoms with E-state index in [1.807, 2.05) is 12.1 Å². The number of thiazole rings is 2. The number of nitro benzene ring substituents is 1. The van der Waals surface area contributed by atoms with Crippen molar-refractivity contribution in [1.29, 1.82) is 0 Å². The monoisotopic (exact) mass is 970 g/mol. The molecule has 6 aromatic rings. The molecule has 20 heteroatoms. The van der Waals surface area contributed by atoms with Gasteiger partial charge in [-0.25, -0.2) is 36.2 Å². The van der Waals surface area contributed by atoms with Crippen molar-refractivity contribution in [3.8, 4) is 42.0 Å². The second kappa shape index (κ2) is 18.8. The summed E-state index contributed by atoms with van der Waals surface area (Å²) >= 11 is 2.69. The highest BCUT2D eigenvalue weighted by atomic mass is 32.2. The number of carbonyl (C=O) groups excluding carboxylic acids is 2. The average molecular weight is 971 g/mol. The second-order valence-electron chi connectivity index (χ2n) is 17.9. The van der Waals surface area contributed by atoms with Crippen LogP contribution >= 0.6 is 22.7 Å². The minimum atomic E-state index is -3.92. The predicted molar refractivity (Wildman–Crippen MR) is 260 cm³/mol. The molecule has 4 heterocycles. The number of hydrogen-bond acceptors (Lipinski definition) is 13. The van der Waals surface area contributed by atoms with Crippen LogP contribution in [0.2, 0.25) is 0 Å². The number of nitrogens with zero attached hydrogens (tertiary/aromatic N) is 5. The second-order valence-corrected chi connectivity index (χ2v) is 23.2. The third kappa shape index (κ3) is 11.2. The van der Waals surface area contributed by atoms with Crippen molar-refractivity contribution in [2.24, 2.45) is 0 Å². The average Bonchev–Trinajstić information content (AvgIpc) is 4.08. The Balaban J connectivity index is 0.000000197. The molecule has 0 spiro atoms. The molecule has 4 aromatic carbocycles. The van der Waals surface area contributed by atoms with Gasteiger partial charge >= 0.3 is 0 Å². The summed E-state index contributed by atoms with van der Waals surface area (Å²) in [4.78, 5) is 48.7. The number of aromatic nitrogens is 2. The normalized spacial score (nSPS) is 14.7. The lowest BCUT2D eigenvalue weighted by atomic mass is 10.1. The van der Waals surface area contributed by atoms with Crippen LogP contribution in [0.4, 0.5) is 22.7 Å². The van der Waals surface area contributed by atoms with Gasteiger partial charge in [-0.15, -0.1) is 22.7 Å². The first-order chi connectivity index (χ1) is 31.0. The first-order valence-electron chi connectivity index (χ1n) is 21.0. The van der Waals surface area contributed by atoms with Crippen LogP contribution in [0.3, 0.4) is 0 Å². The van der Waals surface area contributed by atoms with Crippen LogP contribution in [0, 0.1) is 10.1 Å². The Kier molecular flexibility index (Phi) is 13.7. The maximum Gasteiger partial charge on any atom is 0.269 e. The number of nitrogens with one attached hydrogen (secondary N) is 2. The van der Waals surface area contributed by atoms with Crippen molar-refractivity contribution in [3.63, 3.8) is 0 Å². The molecule has 0 atom stereocenters. The maximum atomic E-state index is 13.4. The van der Waals surface area contributed by atoms with Crippen LogP contribution in [0.5, 0.6) is 0 Å². The zero-order valence-corrected chi connectivity index (χ0v) is 40.5. The minimum absolute atomic E-state index is 0.00769. The van der Waals surface area contributed by atoms with Crippen molar-refractivity contribution < 1.29 is 31.3 Å². The molecule has 2 fully saturated rings. The fourth-order valence-electron chi connectivity index (χ4n) is 7.38. The highest BCUT2D eigenvalue weighted by molar-refractivity contribution is 7.90. The Hall–Kier alpha value is -5.90. The molecular weight excluding hydrogens is 921 g/mol. The van der Waals surface area contributed by atoms with Gasteiger partial charge in [0, 0.05) is 101 Å². The summed E-state index contributed by atoms with van der Waals surface area (Å²) in [6.07, 6.45) is 5.69. The summed E-state index contributed by atoms with van der Waals surface area (Å²) in [5.41, 5.74) is 8.83. The van der Waals surface area contributed by atoms with Gasteiger partial charge < -0.3 is 15.5 Å². The van der Waals surface area contributed by atoms with E-state index in [4.69, 9.17) is 5.73 Å². The lowest BCUT2D eigenvalue weighted by molar-refractivity contribution is -0.384. The van der Waals surface area contributed by atoms with Gasteiger partial charge in [-0.3, -0.25) is 19.7 Å². The van der Waals surface area contributed by atoms with Gasteiger partial charge in [0.25, 0.3) is 5.69 Å². The van der Waals surface area contributed by atoms with Crippen LogP contribution < -0.4 is 25.0 Å². The summed E-state index contributed by atoms with van der Waals surface area (Å²) in [5, 5.41) is 12.3. The number of hydrogen-bond donors (Lipinski definition) is 3. The molecule has 0 radical (unpaired) electrons. The van der Waals surface area contributed by atoms with Gasteiger partial charge in [-0.1, -0.05) is 12.1 Å². The lowest BCUT2D eigenvalue weighted by Gasteiger charge is -2.23. The predicted octanol–water partition coefficient (Wildman–Crippen LogP) is 8.85. The van der Waals surface area contributed by atoms with E-state index in [1.54, 1.807) is 118 Å². The number of rotatable bonds is 11. The third-order valence-corrected chi connectivity index (χ3v) is 15.9. The summed E-state index contributed by atoms with van der Waals surface area (Å²) in [5.74, 6) is -0.0218. The number of anilines is 3. The molecule has 346 valence electrons. The molecule has 4 N–H and O–H groups in total. The lowest BCUT2D eigenvalue weighted by Crippen LogP contribution is -2.40. The number of sulfonamides is 2. The third-order valence-electron chi connectivity index (χ3n) is 10.2. The largest absolute Gasteiger partial charge is 0.399 e. The topological polar surface area (TPSA) is 228 Å². The standard InChI is InChI=1S/C23H24N4O5S2.C23H26N4O3S2/c1-23(2,3)25-34(31,32)20-13-17(26-12-4-5-21(26)28)10-11-18(20)19-14-24-22(33-19)15-6-8-16(9-7-15)27(29)30;1-23(2,3)26-32(29,30)20-13-17(27-12-4-5-21(27)28)10-11-18(20)19-14-25-22(31-19)15-6-8-16(24)9-7-15/h6-11,13-14,25H,4-5,12H2,1-3H3;6-11,13-14,26H,4-5,12,24H2,1-3H3. The molecule has 8 rings (SSSR count). The smallest absolute Gasteiger partial charge is 0.269 e. The zero-order chi connectivity index (χ0) is 47.8. The number of carbonyl (C=O) groups is 2. The first kappa shape index (κ1) is 48.0.